The number of ether oxygens (including phenoxy) is 1. The first-order chi connectivity index (χ1) is 8.67. The van der Waals surface area contributed by atoms with Crippen molar-refractivity contribution in [3.63, 3.8) is 0 Å². The van der Waals surface area contributed by atoms with Crippen LogP contribution in [0.3, 0.4) is 0 Å². The van der Waals surface area contributed by atoms with Crippen LogP contribution < -0.4 is 5.32 Å². The van der Waals surface area contributed by atoms with Crippen LogP contribution in [0.1, 0.15) is 19.2 Å². The molecule has 0 saturated heterocycles. The second-order valence-corrected chi connectivity index (χ2v) is 3.93. The van der Waals surface area contributed by atoms with Crippen LogP contribution in [0.2, 0.25) is 0 Å². The summed E-state index contributed by atoms with van der Waals surface area (Å²) >= 11 is 0. The Labute approximate surface area is 106 Å². The summed E-state index contributed by atoms with van der Waals surface area (Å²) in [5.74, 6) is 0.575. The Kier molecular flexibility index (Phi) is 6.16. The molecule has 0 amide bonds. The van der Waals surface area contributed by atoms with Crippen LogP contribution in [-0.2, 0) is 11.2 Å². The molecule has 0 aliphatic heterocycles. The highest BCUT2D eigenvalue weighted by molar-refractivity contribution is 5.20. The van der Waals surface area contributed by atoms with Gasteiger partial charge in [-0.25, -0.2) is 9.97 Å². The van der Waals surface area contributed by atoms with E-state index in [1.165, 1.54) is 12.4 Å². The van der Waals surface area contributed by atoms with Gasteiger partial charge in [0.15, 0.2) is 0 Å². The quantitative estimate of drug-likeness (QED) is 0.548. The maximum atomic E-state index is 10.5. The van der Waals surface area contributed by atoms with Gasteiger partial charge in [0.25, 0.3) is 0 Å². The van der Waals surface area contributed by atoms with Crippen molar-refractivity contribution in [3.05, 3.63) is 28.3 Å². The van der Waals surface area contributed by atoms with Crippen molar-refractivity contribution < 1.29 is 9.66 Å². The van der Waals surface area contributed by atoms with Crippen LogP contribution in [0.15, 0.2) is 12.4 Å². The molecule has 1 unspecified atom stereocenters. The van der Waals surface area contributed by atoms with Gasteiger partial charge in [0.05, 0.1) is 11.5 Å². The van der Waals surface area contributed by atoms with Crippen molar-refractivity contribution in [2.24, 2.45) is 0 Å². The first kappa shape index (κ1) is 14.5. The van der Waals surface area contributed by atoms with Crippen LogP contribution in [0.5, 0.6) is 0 Å². The number of nitrogens with one attached hydrogen (secondary N) is 1. The van der Waals surface area contributed by atoms with Crippen LogP contribution in [0, 0.1) is 10.1 Å². The van der Waals surface area contributed by atoms with Crippen LogP contribution in [-0.4, -0.2) is 41.2 Å². The summed E-state index contributed by atoms with van der Waals surface area (Å²) in [6.45, 7) is 3.53. The van der Waals surface area contributed by atoms with E-state index in [0.29, 0.717) is 18.9 Å². The van der Waals surface area contributed by atoms with Gasteiger partial charge in [0.1, 0.15) is 18.2 Å². The van der Waals surface area contributed by atoms with Crippen LogP contribution in [0.25, 0.3) is 0 Å². The molecule has 0 aliphatic rings. The minimum atomic E-state index is -0.508. The van der Waals surface area contributed by atoms with Crippen molar-refractivity contribution in [1.29, 1.82) is 0 Å². The number of hydrogen-bond donors (Lipinski definition) is 1. The molecule has 1 aromatic heterocycles. The Morgan fingerprint density at radius 1 is 1.50 bits per heavy atom. The molecular weight excluding hydrogens is 236 g/mol. The molecule has 1 rings (SSSR count). The summed E-state index contributed by atoms with van der Waals surface area (Å²) in [7, 11) is 1.64. The van der Waals surface area contributed by atoms with Crippen molar-refractivity contribution >= 4 is 5.69 Å². The van der Waals surface area contributed by atoms with Gasteiger partial charge >= 0.3 is 5.69 Å². The number of hydrogen-bond acceptors (Lipinski definition) is 6. The normalized spacial score (nSPS) is 12.3. The molecular formula is C11H18N4O3. The van der Waals surface area contributed by atoms with Gasteiger partial charge in [-0.2, -0.15) is 0 Å². The predicted octanol–water partition coefficient (Wildman–Crippen LogP) is 0.942. The zero-order valence-electron chi connectivity index (χ0n) is 10.6. The second-order valence-electron chi connectivity index (χ2n) is 3.93. The standard InChI is InChI=1S/C11H18N4O3/c1-3-4-12-9(8-18-2)5-11-13-6-10(7-14-11)15(16)17/h6-7,9,12H,3-5,8H2,1-2H3. The molecule has 1 N–H and O–H groups in total. The molecule has 1 aromatic rings. The van der Waals surface area contributed by atoms with E-state index in [-0.39, 0.29) is 11.7 Å². The molecule has 7 heteroatoms. The lowest BCUT2D eigenvalue weighted by Gasteiger charge is -2.16. The number of methoxy groups -OCH3 is 1. The first-order valence-electron chi connectivity index (χ1n) is 5.85. The minimum absolute atomic E-state index is 0.0939. The van der Waals surface area contributed by atoms with Crippen molar-refractivity contribution in [2.75, 3.05) is 20.3 Å². The third-order valence-electron chi connectivity index (χ3n) is 2.38. The Hall–Kier alpha value is -1.60. The molecule has 1 atom stereocenters. The predicted molar refractivity (Wildman–Crippen MR) is 66.3 cm³/mol. The molecule has 100 valence electrons. The lowest BCUT2D eigenvalue weighted by Crippen LogP contribution is -2.36. The van der Waals surface area contributed by atoms with Gasteiger partial charge in [-0.3, -0.25) is 10.1 Å². The third kappa shape index (κ3) is 4.72. The molecule has 0 aromatic carbocycles. The van der Waals surface area contributed by atoms with Crippen molar-refractivity contribution in [1.82, 2.24) is 15.3 Å². The highest BCUT2D eigenvalue weighted by atomic mass is 16.6. The maximum Gasteiger partial charge on any atom is 0.305 e. The molecule has 7 nitrogen and oxygen atoms in total. The van der Waals surface area contributed by atoms with E-state index < -0.39 is 4.92 Å². The Morgan fingerprint density at radius 3 is 2.67 bits per heavy atom. The van der Waals surface area contributed by atoms with Gasteiger partial charge in [-0.05, 0) is 13.0 Å². The highest BCUT2D eigenvalue weighted by Gasteiger charge is 2.12. The fourth-order valence-electron chi connectivity index (χ4n) is 1.51. The molecule has 0 bridgehead atoms. The van der Waals surface area contributed by atoms with E-state index in [0.717, 1.165) is 13.0 Å². The van der Waals surface area contributed by atoms with Crippen molar-refractivity contribution in [3.8, 4) is 0 Å². The lowest BCUT2D eigenvalue weighted by atomic mass is 10.2. The number of aromatic nitrogens is 2. The summed E-state index contributed by atoms with van der Waals surface area (Å²) in [4.78, 5) is 17.9. The SMILES string of the molecule is CCCNC(COC)Cc1ncc([N+](=O)[O-])cn1. The van der Waals surface area contributed by atoms with Gasteiger partial charge in [-0.15, -0.1) is 0 Å². The van der Waals surface area contributed by atoms with Crippen LogP contribution >= 0.6 is 0 Å². The largest absolute Gasteiger partial charge is 0.383 e. The summed E-state index contributed by atoms with van der Waals surface area (Å²) in [5, 5.41) is 13.8. The number of nitro groups is 1. The molecule has 0 spiro atoms. The van der Waals surface area contributed by atoms with Gasteiger partial charge in [-0.1, -0.05) is 6.92 Å². The van der Waals surface area contributed by atoms with Gasteiger partial charge in [0, 0.05) is 19.6 Å². The molecule has 0 saturated carbocycles. The van der Waals surface area contributed by atoms with Gasteiger partial charge in [0.2, 0.25) is 0 Å². The minimum Gasteiger partial charge on any atom is -0.383 e. The fourth-order valence-corrected chi connectivity index (χ4v) is 1.51. The van der Waals surface area contributed by atoms with Crippen LogP contribution in [0.4, 0.5) is 5.69 Å². The molecule has 0 aliphatic carbocycles. The monoisotopic (exact) mass is 254 g/mol. The van der Waals surface area contributed by atoms with E-state index in [2.05, 4.69) is 22.2 Å². The summed E-state index contributed by atoms with van der Waals surface area (Å²) in [6, 6.07) is 0.122. The van der Waals surface area contributed by atoms with Gasteiger partial charge < -0.3 is 10.1 Å². The summed E-state index contributed by atoms with van der Waals surface area (Å²) in [5.41, 5.74) is -0.0939. The van der Waals surface area contributed by atoms with E-state index in [1.807, 2.05) is 0 Å². The topological polar surface area (TPSA) is 90.2 Å². The first-order valence-corrected chi connectivity index (χ1v) is 5.85. The Bertz CT molecular complexity index is 369. The molecule has 0 radical (unpaired) electrons. The number of rotatable bonds is 8. The summed E-state index contributed by atoms with van der Waals surface area (Å²) < 4.78 is 5.11. The highest BCUT2D eigenvalue weighted by Crippen LogP contribution is 2.07. The average Bonchev–Trinajstić information content (AvgIpc) is 2.37. The molecule has 18 heavy (non-hydrogen) atoms. The van der Waals surface area contributed by atoms with E-state index >= 15 is 0 Å². The lowest BCUT2D eigenvalue weighted by molar-refractivity contribution is -0.385. The maximum absolute atomic E-state index is 10.5. The van der Waals surface area contributed by atoms with E-state index in [1.54, 1.807) is 7.11 Å². The Balaban J connectivity index is 2.59. The van der Waals surface area contributed by atoms with E-state index in [9.17, 15) is 10.1 Å². The molecule has 0 fully saturated rings. The van der Waals surface area contributed by atoms with E-state index in [4.69, 9.17) is 4.74 Å². The average molecular weight is 254 g/mol. The van der Waals surface area contributed by atoms with Crippen molar-refractivity contribution in [2.45, 2.75) is 25.8 Å². The zero-order chi connectivity index (χ0) is 13.4. The second kappa shape index (κ2) is 7.67. The summed E-state index contributed by atoms with van der Waals surface area (Å²) in [6.07, 6.45) is 4.07. The zero-order valence-corrected chi connectivity index (χ0v) is 10.6. The fraction of sp³-hybridized carbons (Fsp3) is 0.636. The Morgan fingerprint density at radius 2 is 2.17 bits per heavy atom. The smallest absolute Gasteiger partial charge is 0.305 e. The third-order valence-corrected chi connectivity index (χ3v) is 2.38. The number of nitrogens with zero attached hydrogens (tertiary/aromatic N) is 3. The molecule has 1 heterocycles.